The minimum atomic E-state index is -0.804. The summed E-state index contributed by atoms with van der Waals surface area (Å²) in [4.78, 5) is 23.1. The minimum absolute atomic E-state index is 0.233. The zero-order valence-electron chi connectivity index (χ0n) is 11.1. The first-order valence-electron chi connectivity index (χ1n) is 5.59. The lowest BCUT2D eigenvalue weighted by molar-refractivity contribution is -0.133. The number of rotatable bonds is 6. The van der Waals surface area contributed by atoms with Gasteiger partial charge in [0.1, 0.15) is 6.61 Å². The molecule has 19 heavy (non-hydrogen) atoms. The average molecular weight is 264 g/mol. The Morgan fingerprint density at radius 1 is 1.32 bits per heavy atom. The second-order valence-electron chi connectivity index (χ2n) is 3.79. The van der Waals surface area contributed by atoms with E-state index in [1.807, 2.05) is 25.1 Å². The second-order valence-corrected chi connectivity index (χ2v) is 3.79. The maximum absolute atomic E-state index is 11.6. The van der Waals surface area contributed by atoms with E-state index in [1.165, 1.54) is 14.2 Å². The molecule has 0 aliphatic rings. The zero-order valence-corrected chi connectivity index (χ0v) is 11.1. The molecule has 0 unspecified atom stereocenters. The lowest BCUT2D eigenvalue weighted by atomic mass is 10.2. The summed E-state index contributed by atoms with van der Waals surface area (Å²) in [5.74, 6) is -1.35. The van der Waals surface area contributed by atoms with Crippen molar-refractivity contribution in [3.05, 3.63) is 29.8 Å². The van der Waals surface area contributed by atoms with E-state index in [4.69, 9.17) is 0 Å². The van der Waals surface area contributed by atoms with Crippen LogP contribution < -0.4 is 5.43 Å². The van der Waals surface area contributed by atoms with Crippen LogP contribution in [0.4, 0.5) is 5.69 Å². The Morgan fingerprint density at radius 3 is 2.63 bits per heavy atom. The van der Waals surface area contributed by atoms with Gasteiger partial charge in [-0.15, -0.1) is 0 Å². The van der Waals surface area contributed by atoms with E-state index in [0.717, 1.165) is 5.56 Å². The Hall–Kier alpha value is -2.21. The van der Waals surface area contributed by atoms with Crippen molar-refractivity contribution < 1.29 is 19.1 Å². The Kier molecular flexibility index (Phi) is 5.69. The van der Waals surface area contributed by atoms with E-state index >= 15 is 0 Å². The average Bonchev–Trinajstić information content (AvgIpc) is 2.39. The summed E-state index contributed by atoms with van der Waals surface area (Å²) < 4.78 is 9.19. The van der Waals surface area contributed by atoms with Gasteiger partial charge in [0.15, 0.2) is 0 Å². The van der Waals surface area contributed by atoms with E-state index in [-0.39, 0.29) is 12.3 Å². The van der Waals surface area contributed by atoms with Gasteiger partial charge in [0.05, 0.1) is 12.8 Å². The second kappa shape index (κ2) is 7.27. The van der Waals surface area contributed by atoms with E-state index in [9.17, 15) is 9.59 Å². The molecule has 0 saturated carbocycles. The number of ether oxygens (including phenoxy) is 2. The normalized spacial score (nSPS) is 11.0. The van der Waals surface area contributed by atoms with Gasteiger partial charge in [0.25, 0.3) is 0 Å². The van der Waals surface area contributed by atoms with Crippen molar-refractivity contribution in [2.75, 3.05) is 26.3 Å². The topological polar surface area (TPSA) is 77.0 Å². The quantitative estimate of drug-likeness (QED) is 0.361. The number of hydrogen-bond acceptors (Lipinski definition) is 6. The van der Waals surface area contributed by atoms with Crippen molar-refractivity contribution >= 4 is 23.2 Å². The number of carbonyl (C=O) groups excluding carboxylic acids is 2. The van der Waals surface area contributed by atoms with Crippen molar-refractivity contribution in [1.29, 1.82) is 0 Å². The van der Waals surface area contributed by atoms with Crippen LogP contribution in [-0.2, 0) is 19.1 Å². The molecule has 0 amide bonds. The molecule has 1 N–H and O–H groups in total. The SMILES string of the molecule is COCC(=O)/C(=N\Nc1cccc(C)c1)C(=O)OC. The molecule has 102 valence electrons. The maximum atomic E-state index is 11.6. The molecule has 0 aromatic heterocycles. The van der Waals surface area contributed by atoms with Gasteiger partial charge in [-0.1, -0.05) is 12.1 Å². The summed E-state index contributed by atoms with van der Waals surface area (Å²) in [7, 11) is 2.55. The number of nitrogens with one attached hydrogen (secondary N) is 1. The standard InChI is InChI=1S/C13H16N2O4/c1-9-5-4-6-10(7-9)14-15-12(13(17)19-3)11(16)8-18-2/h4-7,14H,8H2,1-3H3/b15-12+. The zero-order chi connectivity index (χ0) is 14.3. The number of hydrogen-bond donors (Lipinski definition) is 1. The van der Waals surface area contributed by atoms with Gasteiger partial charge < -0.3 is 9.47 Å². The fraction of sp³-hybridized carbons (Fsp3) is 0.308. The molecule has 0 atom stereocenters. The largest absolute Gasteiger partial charge is 0.464 e. The van der Waals surface area contributed by atoms with Crippen LogP contribution in [0.2, 0.25) is 0 Å². The molecule has 0 bridgehead atoms. The summed E-state index contributed by atoms with van der Waals surface area (Å²) in [5.41, 5.74) is 4.03. The van der Waals surface area contributed by atoms with Gasteiger partial charge >= 0.3 is 5.97 Å². The van der Waals surface area contributed by atoms with Crippen LogP contribution in [-0.4, -0.2) is 38.3 Å². The molecule has 0 saturated heterocycles. The molecule has 0 radical (unpaired) electrons. The highest BCUT2D eigenvalue weighted by Gasteiger charge is 2.21. The molecular weight excluding hydrogens is 248 g/mol. The third kappa shape index (κ3) is 4.51. The van der Waals surface area contributed by atoms with Crippen LogP contribution in [0.15, 0.2) is 29.4 Å². The first-order chi connectivity index (χ1) is 9.08. The monoisotopic (exact) mass is 264 g/mol. The third-order valence-electron chi connectivity index (χ3n) is 2.23. The highest BCUT2D eigenvalue weighted by molar-refractivity contribution is 6.64. The van der Waals surface area contributed by atoms with Gasteiger partial charge in [-0.3, -0.25) is 10.2 Å². The van der Waals surface area contributed by atoms with Gasteiger partial charge in [0.2, 0.25) is 11.5 Å². The van der Waals surface area contributed by atoms with E-state index < -0.39 is 11.8 Å². The molecule has 1 rings (SSSR count). The van der Waals surface area contributed by atoms with Crippen molar-refractivity contribution in [3.63, 3.8) is 0 Å². The first-order valence-corrected chi connectivity index (χ1v) is 5.59. The number of methoxy groups -OCH3 is 2. The number of esters is 1. The maximum Gasteiger partial charge on any atom is 0.362 e. The molecule has 0 heterocycles. The highest BCUT2D eigenvalue weighted by Crippen LogP contribution is 2.09. The smallest absolute Gasteiger partial charge is 0.362 e. The van der Waals surface area contributed by atoms with E-state index in [2.05, 4.69) is 20.0 Å². The molecule has 0 aliphatic heterocycles. The number of Topliss-reactive ketones (excluding diaryl/α,β-unsaturated/α-hetero) is 1. The summed E-state index contributed by atoms with van der Waals surface area (Å²) in [6.07, 6.45) is 0. The number of anilines is 1. The molecule has 0 fully saturated rings. The lowest BCUT2D eigenvalue weighted by Crippen LogP contribution is -2.29. The van der Waals surface area contributed by atoms with E-state index in [1.54, 1.807) is 6.07 Å². The number of hydrazone groups is 1. The van der Waals surface area contributed by atoms with Crippen LogP contribution in [0.1, 0.15) is 5.56 Å². The molecule has 1 aromatic carbocycles. The van der Waals surface area contributed by atoms with Crippen LogP contribution >= 0.6 is 0 Å². The van der Waals surface area contributed by atoms with Gasteiger partial charge in [-0.2, -0.15) is 5.10 Å². The fourth-order valence-electron chi connectivity index (χ4n) is 1.35. The number of nitrogens with zero attached hydrogens (tertiary/aromatic N) is 1. The summed E-state index contributed by atoms with van der Waals surface area (Å²) in [6, 6.07) is 7.36. The van der Waals surface area contributed by atoms with Crippen molar-refractivity contribution in [3.8, 4) is 0 Å². The minimum Gasteiger partial charge on any atom is -0.464 e. The van der Waals surface area contributed by atoms with E-state index in [0.29, 0.717) is 5.69 Å². The van der Waals surface area contributed by atoms with Crippen LogP contribution in [0.5, 0.6) is 0 Å². The number of ketones is 1. The molecule has 6 heteroatoms. The predicted octanol–water partition coefficient (Wildman–Crippen LogP) is 1.15. The third-order valence-corrected chi connectivity index (χ3v) is 2.23. The van der Waals surface area contributed by atoms with Crippen LogP contribution in [0.3, 0.4) is 0 Å². The number of carbonyl (C=O) groups is 2. The summed E-state index contributed by atoms with van der Waals surface area (Å²) in [5, 5.41) is 3.79. The Bertz CT molecular complexity index is 497. The Balaban J connectivity index is 2.88. The van der Waals surface area contributed by atoms with Crippen molar-refractivity contribution in [1.82, 2.24) is 0 Å². The fourth-order valence-corrected chi connectivity index (χ4v) is 1.35. The Labute approximate surface area is 111 Å². The van der Waals surface area contributed by atoms with Gasteiger partial charge in [-0.05, 0) is 24.6 Å². The van der Waals surface area contributed by atoms with Crippen molar-refractivity contribution in [2.24, 2.45) is 5.10 Å². The number of aryl methyl sites for hydroxylation is 1. The highest BCUT2D eigenvalue weighted by atomic mass is 16.5. The molecular formula is C13H16N2O4. The summed E-state index contributed by atoms with van der Waals surface area (Å²) in [6.45, 7) is 1.69. The number of benzene rings is 1. The van der Waals surface area contributed by atoms with Crippen LogP contribution in [0.25, 0.3) is 0 Å². The van der Waals surface area contributed by atoms with Crippen molar-refractivity contribution in [2.45, 2.75) is 6.92 Å². The van der Waals surface area contributed by atoms with Gasteiger partial charge in [0, 0.05) is 7.11 Å². The van der Waals surface area contributed by atoms with Crippen LogP contribution in [0, 0.1) is 6.92 Å². The molecule has 0 aliphatic carbocycles. The Morgan fingerprint density at radius 2 is 2.05 bits per heavy atom. The predicted molar refractivity (Wildman–Crippen MR) is 71.1 cm³/mol. The molecule has 0 spiro atoms. The molecule has 6 nitrogen and oxygen atoms in total. The lowest BCUT2D eigenvalue weighted by Gasteiger charge is -2.05. The molecule has 1 aromatic rings. The first kappa shape index (κ1) is 14.8. The summed E-state index contributed by atoms with van der Waals surface area (Å²) >= 11 is 0. The van der Waals surface area contributed by atoms with Gasteiger partial charge in [-0.25, -0.2) is 4.79 Å².